The summed E-state index contributed by atoms with van der Waals surface area (Å²) in [5.74, 6) is 1.25. The molecule has 1 aromatic rings. The molecule has 1 aliphatic rings. The minimum Gasteiger partial charge on any atom is -0.489 e. The number of nitrogens with two attached hydrogens (primary N) is 1. The molecule has 0 saturated heterocycles. The number of hydrogen-bond acceptors (Lipinski definition) is 3. The Morgan fingerprint density at radius 3 is 2.79 bits per heavy atom. The molecule has 0 radical (unpaired) electrons. The van der Waals surface area contributed by atoms with Crippen LogP contribution in [0.3, 0.4) is 0 Å². The maximum Gasteiger partial charge on any atom is 0.138 e. The zero-order valence-electron chi connectivity index (χ0n) is 12.5. The number of aromatic nitrogens is 1. The SMILES string of the molecule is CC(C)Oc1cncc(C2CC(C)(C)CCC2N)c1. The van der Waals surface area contributed by atoms with Crippen molar-refractivity contribution >= 4 is 0 Å². The summed E-state index contributed by atoms with van der Waals surface area (Å²) < 4.78 is 5.73. The normalized spacial score (nSPS) is 26.4. The highest BCUT2D eigenvalue weighted by Crippen LogP contribution is 2.43. The van der Waals surface area contributed by atoms with E-state index in [1.54, 1.807) is 6.20 Å². The molecule has 1 aliphatic carbocycles. The van der Waals surface area contributed by atoms with Crippen molar-refractivity contribution < 1.29 is 4.74 Å². The molecule has 106 valence electrons. The van der Waals surface area contributed by atoms with E-state index in [9.17, 15) is 0 Å². The molecule has 1 heterocycles. The molecule has 2 atom stereocenters. The molecule has 0 aromatic carbocycles. The van der Waals surface area contributed by atoms with Gasteiger partial charge in [-0.05, 0) is 50.2 Å². The summed E-state index contributed by atoms with van der Waals surface area (Å²) in [4.78, 5) is 4.31. The van der Waals surface area contributed by atoms with Crippen molar-refractivity contribution in [3.05, 3.63) is 24.0 Å². The van der Waals surface area contributed by atoms with Gasteiger partial charge in [-0.2, -0.15) is 0 Å². The lowest BCUT2D eigenvalue weighted by Crippen LogP contribution is -2.37. The standard InChI is InChI=1S/C16H26N2O/c1-11(2)19-13-7-12(9-18-10-13)14-8-16(3,4)6-5-15(14)17/h7,9-11,14-15H,5-6,8,17H2,1-4H3. The molecular weight excluding hydrogens is 236 g/mol. The molecule has 0 spiro atoms. The van der Waals surface area contributed by atoms with Crippen LogP contribution in [-0.2, 0) is 0 Å². The van der Waals surface area contributed by atoms with Gasteiger partial charge >= 0.3 is 0 Å². The molecule has 1 fully saturated rings. The Hall–Kier alpha value is -1.09. The zero-order chi connectivity index (χ0) is 14.0. The van der Waals surface area contributed by atoms with Crippen molar-refractivity contribution in [3.8, 4) is 5.75 Å². The first-order chi connectivity index (χ1) is 8.87. The van der Waals surface area contributed by atoms with Gasteiger partial charge in [-0.1, -0.05) is 13.8 Å². The predicted octanol–water partition coefficient (Wildman–Crippen LogP) is 3.49. The lowest BCUT2D eigenvalue weighted by molar-refractivity contribution is 0.197. The molecule has 3 heteroatoms. The molecule has 19 heavy (non-hydrogen) atoms. The van der Waals surface area contributed by atoms with Crippen LogP contribution in [0.1, 0.15) is 58.4 Å². The van der Waals surface area contributed by atoms with Gasteiger partial charge in [0, 0.05) is 18.2 Å². The van der Waals surface area contributed by atoms with Crippen molar-refractivity contribution in [2.24, 2.45) is 11.1 Å². The minimum absolute atomic E-state index is 0.175. The first-order valence-electron chi connectivity index (χ1n) is 7.24. The largest absolute Gasteiger partial charge is 0.489 e. The quantitative estimate of drug-likeness (QED) is 0.907. The van der Waals surface area contributed by atoms with Crippen LogP contribution >= 0.6 is 0 Å². The van der Waals surface area contributed by atoms with Gasteiger partial charge in [0.05, 0.1) is 12.3 Å². The average Bonchev–Trinajstić information content (AvgIpc) is 2.32. The topological polar surface area (TPSA) is 48.1 Å². The van der Waals surface area contributed by atoms with Crippen LogP contribution in [-0.4, -0.2) is 17.1 Å². The van der Waals surface area contributed by atoms with Crippen molar-refractivity contribution in [3.63, 3.8) is 0 Å². The third kappa shape index (κ3) is 3.69. The van der Waals surface area contributed by atoms with Crippen molar-refractivity contribution in [1.82, 2.24) is 4.98 Å². The van der Waals surface area contributed by atoms with Crippen LogP contribution in [0.25, 0.3) is 0 Å². The highest BCUT2D eigenvalue weighted by molar-refractivity contribution is 5.28. The molecule has 1 aromatic heterocycles. The van der Waals surface area contributed by atoms with E-state index in [-0.39, 0.29) is 12.1 Å². The second-order valence-corrected chi connectivity index (χ2v) is 6.80. The van der Waals surface area contributed by atoms with Crippen LogP contribution in [0.15, 0.2) is 18.5 Å². The molecule has 0 amide bonds. The summed E-state index contributed by atoms with van der Waals surface area (Å²) in [7, 11) is 0. The van der Waals surface area contributed by atoms with Gasteiger partial charge in [0.2, 0.25) is 0 Å². The molecule has 2 N–H and O–H groups in total. The number of ether oxygens (including phenoxy) is 1. The van der Waals surface area contributed by atoms with Crippen molar-refractivity contribution in [2.45, 2.75) is 65.0 Å². The maximum absolute atomic E-state index is 6.31. The fourth-order valence-electron chi connectivity index (χ4n) is 2.95. The Balaban J connectivity index is 2.20. The number of pyridine rings is 1. The Kier molecular flexibility index (Phi) is 4.14. The number of nitrogens with zero attached hydrogens (tertiary/aromatic N) is 1. The van der Waals surface area contributed by atoms with Crippen molar-refractivity contribution in [2.75, 3.05) is 0 Å². The Morgan fingerprint density at radius 2 is 2.11 bits per heavy atom. The second kappa shape index (κ2) is 5.49. The first-order valence-corrected chi connectivity index (χ1v) is 7.24. The third-order valence-electron chi connectivity index (χ3n) is 3.98. The molecule has 2 rings (SSSR count). The van der Waals surface area contributed by atoms with E-state index in [4.69, 9.17) is 10.5 Å². The lowest BCUT2D eigenvalue weighted by atomic mass is 9.68. The van der Waals surface area contributed by atoms with Crippen LogP contribution in [0.2, 0.25) is 0 Å². The van der Waals surface area contributed by atoms with E-state index in [0.29, 0.717) is 11.3 Å². The van der Waals surface area contributed by atoms with Gasteiger partial charge in [-0.3, -0.25) is 4.98 Å². The van der Waals surface area contributed by atoms with Gasteiger partial charge in [-0.15, -0.1) is 0 Å². The smallest absolute Gasteiger partial charge is 0.138 e. The predicted molar refractivity (Wildman–Crippen MR) is 78.3 cm³/mol. The Bertz CT molecular complexity index is 429. The average molecular weight is 262 g/mol. The fraction of sp³-hybridized carbons (Fsp3) is 0.688. The van der Waals surface area contributed by atoms with E-state index in [1.165, 1.54) is 12.0 Å². The lowest BCUT2D eigenvalue weighted by Gasteiger charge is -2.39. The highest BCUT2D eigenvalue weighted by atomic mass is 16.5. The molecule has 3 nitrogen and oxygen atoms in total. The van der Waals surface area contributed by atoms with E-state index >= 15 is 0 Å². The highest BCUT2D eigenvalue weighted by Gasteiger charge is 2.34. The van der Waals surface area contributed by atoms with E-state index < -0.39 is 0 Å². The third-order valence-corrected chi connectivity index (χ3v) is 3.98. The summed E-state index contributed by atoms with van der Waals surface area (Å²) in [6.07, 6.45) is 7.32. The summed E-state index contributed by atoms with van der Waals surface area (Å²) >= 11 is 0. The van der Waals surface area contributed by atoms with Gasteiger partial charge in [0.15, 0.2) is 0 Å². The summed E-state index contributed by atoms with van der Waals surface area (Å²) in [6.45, 7) is 8.71. The van der Waals surface area contributed by atoms with Crippen LogP contribution < -0.4 is 10.5 Å². The van der Waals surface area contributed by atoms with Gasteiger partial charge < -0.3 is 10.5 Å². The molecular formula is C16H26N2O. The molecule has 0 bridgehead atoms. The van der Waals surface area contributed by atoms with E-state index in [1.807, 2.05) is 20.0 Å². The van der Waals surface area contributed by atoms with E-state index in [0.717, 1.165) is 18.6 Å². The van der Waals surface area contributed by atoms with Gasteiger partial charge in [0.25, 0.3) is 0 Å². The Labute approximate surface area is 116 Å². The summed E-state index contributed by atoms with van der Waals surface area (Å²) in [6, 6.07) is 2.35. The monoisotopic (exact) mass is 262 g/mol. The minimum atomic E-state index is 0.175. The molecule has 0 aliphatic heterocycles. The first kappa shape index (κ1) is 14.3. The number of hydrogen-bond donors (Lipinski definition) is 1. The van der Waals surface area contributed by atoms with Gasteiger partial charge in [-0.25, -0.2) is 0 Å². The van der Waals surface area contributed by atoms with E-state index in [2.05, 4.69) is 24.9 Å². The fourth-order valence-corrected chi connectivity index (χ4v) is 2.95. The van der Waals surface area contributed by atoms with Gasteiger partial charge in [0.1, 0.15) is 5.75 Å². The van der Waals surface area contributed by atoms with Crippen molar-refractivity contribution in [1.29, 1.82) is 0 Å². The summed E-state index contributed by atoms with van der Waals surface area (Å²) in [5.41, 5.74) is 7.91. The summed E-state index contributed by atoms with van der Waals surface area (Å²) in [5, 5.41) is 0. The molecule has 1 saturated carbocycles. The van der Waals surface area contributed by atoms with Crippen LogP contribution in [0, 0.1) is 5.41 Å². The number of rotatable bonds is 3. The maximum atomic E-state index is 6.31. The van der Waals surface area contributed by atoms with Crippen LogP contribution in [0.5, 0.6) is 5.75 Å². The van der Waals surface area contributed by atoms with Crippen LogP contribution in [0.4, 0.5) is 0 Å². The Morgan fingerprint density at radius 1 is 1.37 bits per heavy atom. The zero-order valence-corrected chi connectivity index (χ0v) is 12.5. The molecule has 2 unspecified atom stereocenters. The second-order valence-electron chi connectivity index (χ2n) is 6.80.